The molecule has 47 heavy (non-hydrogen) atoms. The summed E-state index contributed by atoms with van der Waals surface area (Å²) >= 11 is 6.67. The molecule has 1 aliphatic carbocycles. The largest absolute Gasteiger partial charge is 0.496 e. The molecule has 9 heteroatoms. The molecular weight excluding hydrogens is 610 g/mol. The number of halogens is 1. The van der Waals surface area contributed by atoms with Crippen molar-refractivity contribution in [1.82, 2.24) is 16.0 Å². The second-order valence-corrected chi connectivity index (χ2v) is 12.9. The Morgan fingerprint density at radius 1 is 1.06 bits per heavy atom. The summed E-state index contributed by atoms with van der Waals surface area (Å²) < 4.78 is 11.9. The van der Waals surface area contributed by atoms with Gasteiger partial charge in [0.1, 0.15) is 17.3 Å². The third kappa shape index (κ3) is 9.24. The first kappa shape index (κ1) is 34.2. The maximum absolute atomic E-state index is 13.8. The molecule has 0 spiro atoms. The lowest BCUT2D eigenvalue weighted by molar-refractivity contribution is 0.0935. The maximum atomic E-state index is 13.8. The first-order valence-electron chi connectivity index (χ1n) is 16.3. The molecule has 8 nitrogen and oxygen atoms in total. The number of nitrogens with two attached hydrogens (primary N) is 1. The number of carbonyl (C=O) groups excluding carboxylic acids is 1. The molecule has 0 bridgehead atoms. The van der Waals surface area contributed by atoms with E-state index in [0.717, 1.165) is 37.0 Å². The summed E-state index contributed by atoms with van der Waals surface area (Å²) in [5.74, 6) is 1.57. The van der Waals surface area contributed by atoms with Gasteiger partial charge in [0.05, 0.1) is 41.4 Å². The Kier molecular flexibility index (Phi) is 11.7. The Bertz CT molecular complexity index is 1670. The van der Waals surface area contributed by atoms with Gasteiger partial charge in [0.2, 0.25) is 0 Å². The van der Waals surface area contributed by atoms with Gasteiger partial charge in [-0.2, -0.15) is 5.26 Å². The third-order valence-electron chi connectivity index (χ3n) is 8.95. The van der Waals surface area contributed by atoms with Crippen LogP contribution in [0.5, 0.6) is 5.75 Å². The van der Waals surface area contributed by atoms with Crippen molar-refractivity contribution < 1.29 is 13.9 Å². The van der Waals surface area contributed by atoms with Gasteiger partial charge in [-0.15, -0.1) is 0 Å². The Labute approximate surface area is 282 Å². The number of carbonyl (C=O) groups is 1. The van der Waals surface area contributed by atoms with Crippen LogP contribution in [0, 0.1) is 18.3 Å². The molecule has 1 heterocycles. The average molecular weight is 654 g/mol. The van der Waals surface area contributed by atoms with Gasteiger partial charge >= 0.3 is 0 Å². The Balaban J connectivity index is 1.31. The van der Waals surface area contributed by atoms with Gasteiger partial charge in [0, 0.05) is 36.8 Å². The molecule has 0 saturated heterocycles. The quantitative estimate of drug-likeness (QED) is 0.124. The predicted molar refractivity (Wildman–Crippen MR) is 186 cm³/mol. The molecule has 1 fully saturated rings. The van der Waals surface area contributed by atoms with E-state index in [2.05, 4.69) is 60.1 Å². The topological polar surface area (TPSA) is 125 Å². The van der Waals surface area contributed by atoms with Crippen LogP contribution in [0.1, 0.15) is 77.0 Å². The number of nitrogens with zero attached hydrogens (tertiary/aromatic N) is 1. The number of nitrogens with one attached hydrogen (secondary N) is 3. The molecule has 5 rings (SSSR count). The molecule has 1 aliphatic rings. The second kappa shape index (κ2) is 16.1. The molecule has 4 aromatic rings. The van der Waals surface area contributed by atoms with Crippen LogP contribution in [0.4, 0.5) is 0 Å². The van der Waals surface area contributed by atoms with Crippen molar-refractivity contribution in [3.8, 4) is 23.1 Å². The lowest BCUT2D eigenvalue weighted by Gasteiger charge is -2.29. The zero-order chi connectivity index (χ0) is 33.3. The molecule has 1 amide bonds. The molecule has 0 aliphatic heterocycles. The maximum Gasteiger partial charge on any atom is 0.253 e. The van der Waals surface area contributed by atoms with Crippen molar-refractivity contribution in [3.05, 3.63) is 111 Å². The second-order valence-electron chi connectivity index (χ2n) is 12.5. The van der Waals surface area contributed by atoms with Gasteiger partial charge in [0.15, 0.2) is 0 Å². The highest BCUT2D eigenvalue weighted by Gasteiger charge is 2.23. The number of rotatable bonds is 13. The van der Waals surface area contributed by atoms with Crippen molar-refractivity contribution in [1.29, 1.82) is 5.26 Å². The standard InChI is InChI=1S/C38H44ClN5O3/c1-24-4-10-28(11-5-24)25(2)42-23-32-16-17-36(47-32)34-19-33(35(39)20-37(34)46-3)38(45)44-31(18-26-6-8-27(21-40)9-7-26)22-43-30-14-12-29(41)13-15-30/h4-11,16-17,19-20,25,29-31,42-43H,12-15,18,22-23,41H2,1-3H3,(H,44,45)/t25-,29-,30-,31-/m1/s1. The summed E-state index contributed by atoms with van der Waals surface area (Å²) in [6.07, 6.45) is 4.60. The molecule has 3 aromatic carbocycles. The minimum atomic E-state index is -0.287. The van der Waals surface area contributed by atoms with E-state index in [0.29, 0.717) is 53.8 Å². The third-order valence-corrected chi connectivity index (χ3v) is 9.26. The van der Waals surface area contributed by atoms with Gasteiger partial charge < -0.3 is 30.8 Å². The fraction of sp³-hybridized carbons (Fsp3) is 0.368. The van der Waals surface area contributed by atoms with Crippen molar-refractivity contribution >= 4 is 17.5 Å². The van der Waals surface area contributed by atoms with Gasteiger partial charge in [-0.3, -0.25) is 4.79 Å². The summed E-state index contributed by atoms with van der Waals surface area (Å²) in [4.78, 5) is 13.8. The van der Waals surface area contributed by atoms with Gasteiger partial charge in [0.25, 0.3) is 5.91 Å². The molecule has 0 unspecified atom stereocenters. The van der Waals surface area contributed by atoms with Crippen molar-refractivity contribution in [2.45, 2.75) is 76.7 Å². The monoisotopic (exact) mass is 653 g/mol. The zero-order valence-corrected chi connectivity index (χ0v) is 28.1. The molecule has 2 atom stereocenters. The smallest absolute Gasteiger partial charge is 0.253 e. The van der Waals surface area contributed by atoms with Crippen LogP contribution in [0.2, 0.25) is 5.02 Å². The Hall–Kier alpha value is -4.13. The highest BCUT2D eigenvalue weighted by molar-refractivity contribution is 6.34. The first-order chi connectivity index (χ1) is 22.7. The van der Waals surface area contributed by atoms with E-state index in [4.69, 9.17) is 26.5 Å². The lowest BCUT2D eigenvalue weighted by atomic mass is 9.91. The van der Waals surface area contributed by atoms with E-state index in [1.165, 1.54) is 11.1 Å². The van der Waals surface area contributed by atoms with E-state index < -0.39 is 0 Å². The van der Waals surface area contributed by atoms with Gasteiger partial charge in [-0.05, 0) is 87.4 Å². The normalized spacial score (nSPS) is 17.4. The van der Waals surface area contributed by atoms with E-state index in [9.17, 15) is 10.1 Å². The molecule has 246 valence electrons. The molecule has 0 radical (unpaired) electrons. The minimum Gasteiger partial charge on any atom is -0.496 e. The number of aryl methyl sites for hydroxylation is 1. The van der Waals surface area contributed by atoms with Crippen LogP contribution >= 0.6 is 11.6 Å². The zero-order valence-electron chi connectivity index (χ0n) is 27.3. The number of hydrogen-bond donors (Lipinski definition) is 4. The van der Waals surface area contributed by atoms with E-state index in [1.54, 1.807) is 31.4 Å². The van der Waals surface area contributed by atoms with Crippen molar-refractivity contribution in [3.63, 3.8) is 0 Å². The van der Waals surface area contributed by atoms with Crippen LogP contribution in [-0.2, 0) is 13.0 Å². The summed E-state index contributed by atoms with van der Waals surface area (Å²) in [5, 5.41) is 19.9. The van der Waals surface area contributed by atoms with Gasteiger partial charge in [-0.1, -0.05) is 53.6 Å². The number of hydrogen-bond acceptors (Lipinski definition) is 7. The lowest BCUT2D eigenvalue weighted by Crippen LogP contribution is -2.47. The summed E-state index contributed by atoms with van der Waals surface area (Å²) in [6.45, 7) is 5.32. The number of nitriles is 1. The number of amides is 1. The van der Waals surface area contributed by atoms with Gasteiger partial charge in [-0.25, -0.2) is 0 Å². The van der Waals surface area contributed by atoms with Crippen LogP contribution in [0.15, 0.2) is 77.2 Å². The van der Waals surface area contributed by atoms with E-state index >= 15 is 0 Å². The number of benzene rings is 3. The predicted octanol–water partition coefficient (Wildman–Crippen LogP) is 6.84. The molecular formula is C38H44ClN5O3. The summed E-state index contributed by atoms with van der Waals surface area (Å²) in [5.41, 5.74) is 11.1. The number of furan rings is 1. The van der Waals surface area contributed by atoms with Crippen molar-refractivity contribution in [2.75, 3.05) is 13.7 Å². The SMILES string of the molecule is COc1cc(Cl)c(C(=O)N[C@@H](CN[C@H]2CC[C@H](N)CC2)Cc2ccc(C#N)cc2)cc1-c1ccc(CN[C@H](C)c2ccc(C)cc2)o1. The summed E-state index contributed by atoms with van der Waals surface area (Å²) in [7, 11) is 1.57. The highest BCUT2D eigenvalue weighted by Crippen LogP contribution is 2.36. The van der Waals surface area contributed by atoms with Crippen LogP contribution in [-0.4, -0.2) is 37.7 Å². The van der Waals surface area contributed by atoms with Crippen LogP contribution in [0.3, 0.4) is 0 Å². The highest BCUT2D eigenvalue weighted by atomic mass is 35.5. The first-order valence-corrected chi connectivity index (χ1v) is 16.7. The molecule has 1 saturated carbocycles. The van der Waals surface area contributed by atoms with E-state index in [-0.39, 0.29) is 29.1 Å². The average Bonchev–Trinajstić information content (AvgIpc) is 3.56. The van der Waals surface area contributed by atoms with Crippen LogP contribution in [0.25, 0.3) is 11.3 Å². The fourth-order valence-corrected chi connectivity index (χ4v) is 6.24. The number of methoxy groups -OCH3 is 1. The minimum absolute atomic E-state index is 0.145. The Morgan fingerprint density at radius 3 is 2.47 bits per heavy atom. The molecule has 5 N–H and O–H groups in total. The number of ether oxygens (including phenoxy) is 1. The Morgan fingerprint density at radius 2 is 1.79 bits per heavy atom. The van der Waals surface area contributed by atoms with Crippen molar-refractivity contribution in [2.24, 2.45) is 5.73 Å². The molecule has 1 aromatic heterocycles. The van der Waals surface area contributed by atoms with Crippen LogP contribution < -0.4 is 26.4 Å². The fourth-order valence-electron chi connectivity index (χ4n) is 6.00. The van der Waals surface area contributed by atoms with E-state index in [1.807, 2.05) is 24.3 Å². The summed E-state index contributed by atoms with van der Waals surface area (Å²) in [6, 6.07) is 25.8.